The van der Waals surface area contributed by atoms with Gasteiger partial charge in [0, 0.05) is 11.2 Å². The van der Waals surface area contributed by atoms with Crippen LogP contribution in [0.15, 0.2) is 52.8 Å². The number of phenols is 1. The van der Waals surface area contributed by atoms with E-state index in [1.807, 2.05) is 0 Å². The van der Waals surface area contributed by atoms with Crippen molar-refractivity contribution < 1.29 is 14.6 Å². The maximum Gasteiger partial charge on any atom is 0.360 e. The van der Waals surface area contributed by atoms with Crippen molar-refractivity contribution in [2.75, 3.05) is 6.61 Å². The predicted molar refractivity (Wildman–Crippen MR) is 88.4 cm³/mol. The first kappa shape index (κ1) is 15.9. The number of aromatic hydroxyl groups is 1. The fraction of sp³-hybridized carbons (Fsp3) is 0.125. The van der Waals surface area contributed by atoms with Gasteiger partial charge in [0.05, 0.1) is 6.61 Å². The number of fused-ring (bicyclic) bond motifs is 1. The molecule has 0 saturated carbocycles. The van der Waals surface area contributed by atoms with Crippen LogP contribution in [0.4, 0.5) is 11.5 Å². The number of esters is 1. The topological polar surface area (TPSA) is 88.5 Å². The second kappa shape index (κ2) is 6.67. The smallest absolute Gasteiger partial charge is 0.360 e. The lowest BCUT2D eigenvalue weighted by Crippen LogP contribution is -2.05. The number of azo groups is 1. The summed E-state index contributed by atoms with van der Waals surface area (Å²) in [6, 6.07) is 9.72. The van der Waals surface area contributed by atoms with Gasteiger partial charge in [0.15, 0.2) is 11.5 Å². The molecule has 7 nitrogen and oxygen atoms in total. The minimum absolute atomic E-state index is 0.0494. The molecule has 0 radical (unpaired) electrons. The second-order valence-electron chi connectivity index (χ2n) is 4.77. The first-order valence-corrected chi connectivity index (χ1v) is 7.52. The molecule has 0 aliphatic carbocycles. The Labute approximate surface area is 142 Å². The first-order chi connectivity index (χ1) is 11.6. The number of hydrogen-bond acceptors (Lipinski definition) is 6. The molecule has 2 heterocycles. The van der Waals surface area contributed by atoms with E-state index in [1.54, 1.807) is 35.7 Å². The average Bonchev–Trinajstić information content (AvgIpc) is 2.95. The van der Waals surface area contributed by atoms with E-state index in [1.165, 1.54) is 18.2 Å². The molecule has 0 aliphatic heterocycles. The number of pyridine rings is 1. The number of phenolic OH excluding ortho intramolecular Hbond substituents is 1. The third-order valence-corrected chi connectivity index (χ3v) is 3.40. The minimum atomic E-state index is -0.592. The number of halogens is 1. The molecule has 3 aromatic rings. The van der Waals surface area contributed by atoms with Gasteiger partial charge in [-0.2, -0.15) is 0 Å². The molecule has 0 spiro atoms. The number of rotatable bonds is 4. The van der Waals surface area contributed by atoms with Gasteiger partial charge in [-0.15, -0.1) is 10.2 Å². The average molecular weight is 345 g/mol. The molecule has 122 valence electrons. The summed E-state index contributed by atoms with van der Waals surface area (Å²) < 4.78 is 6.61. The lowest BCUT2D eigenvalue weighted by molar-refractivity contribution is 0.0521. The van der Waals surface area contributed by atoms with Gasteiger partial charge in [0.25, 0.3) is 0 Å². The number of nitrogens with zero attached hydrogens (tertiary/aromatic N) is 4. The summed E-state index contributed by atoms with van der Waals surface area (Å²) in [5, 5.41) is 18.3. The first-order valence-electron chi connectivity index (χ1n) is 7.14. The van der Waals surface area contributed by atoms with Crippen molar-refractivity contribution in [3.05, 3.63) is 53.3 Å². The van der Waals surface area contributed by atoms with E-state index in [9.17, 15) is 9.90 Å². The van der Waals surface area contributed by atoms with Crippen molar-refractivity contribution in [3.63, 3.8) is 0 Å². The van der Waals surface area contributed by atoms with Gasteiger partial charge in [-0.3, -0.25) is 4.40 Å². The summed E-state index contributed by atoms with van der Waals surface area (Å²) in [5.41, 5.74) is 0.765. The zero-order valence-electron chi connectivity index (χ0n) is 12.7. The molecule has 2 aromatic heterocycles. The third kappa shape index (κ3) is 3.07. The van der Waals surface area contributed by atoms with Gasteiger partial charge in [-0.25, -0.2) is 9.78 Å². The van der Waals surface area contributed by atoms with Crippen molar-refractivity contribution in [1.29, 1.82) is 0 Å². The molecule has 0 bridgehead atoms. The predicted octanol–water partition coefficient (Wildman–Crippen LogP) is 4.29. The Morgan fingerprint density at radius 2 is 2.17 bits per heavy atom. The summed E-state index contributed by atoms with van der Waals surface area (Å²) in [6.07, 6.45) is 1.71. The molecule has 1 N–H and O–H groups in total. The van der Waals surface area contributed by atoms with Crippen molar-refractivity contribution in [3.8, 4) is 5.75 Å². The summed E-state index contributed by atoms with van der Waals surface area (Å²) in [7, 11) is 0. The number of hydrogen-bond donors (Lipinski definition) is 1. The van der Waals surface area contributed by atoms with Crippen LogP contribution in [0.25, 0.3) is 5.65 Å². The Kier molecular flexibility index (Phi) is 4.43. The zero-order chi connectivity index (χ0) is 17.1. The van der Waals surface area contributed by atoms with Crippen LogP contribution in [-0.2, 0) is 4.74 Å². The second-order valence-corrected chi connectivity index (χ2v) is 5.20. The van der Waals surface area contributed by atoms with Gasteiger partial charge < -0.3 is 9.84 Å². The van der Waals surface area contributed by atoms with E-state index in [-0.39, 0.29) is 29.6 Å². The summed E-state index contributed by atoms with van der Waals surface area (Å²) in [6.45, 7) is 1.93. The molecule has 0 saturated heterocycles. The van der Waals surface area contributed by atoms with Crippen LogP contribution in [0.3, 0.4) is 0 Å². The van der Waals surface area contributed by atoms with Crippen LogP contribution in [0.1, 0.15) is 17.4 Å². The molecule has 1 aromatic carbocycles. The Morgan fingerprint density at radius 3 is 2.96 bits per heavy atom. The standard InChI is InChI=1S/C16H13ClN4O3/c1-2-24-16(23)14-15(21-8-4-3-5-13(21)18-14)20-19-11-9-10(17)6-7-12(11)22/h3-9,22H,2H2,1H3. The number of imidazole rings is 1. The highest BCUT2D eigenvalue weighted by Crippen LogP contribution is 2.32. The minimum Gasteiger partial charge on any atom is -0.506 e. The largest absolute Gasteiger partial charge is 0.506 e. The Balaban J connectivity index is 2.10. The van der Waals surface area contributed by atoms with Gasteiger partial charge in [-0.05, 0) is 37.3 Å². The lowest BCUT2D eigenvalue weighted by atomic mass is 10.3. The molecule has 0 amide bonds. The van der Waals surface area contributed by atoms with Crippen molar-refractivity contribution >= 4 is 34.7 Å². The van der Waals surface area contributed by atoms with Crippen LogP contribution < -0.4 is 0 Å². The zero-order valence-corrected chi connectivity index (χ0v) is 13.4. The molecule has 24 heavy (non-hydrogen) atoms. The fourth-order valence-electron chi connectivity index (χ4n) is 2.09. The van der Waals surface area contributed by atoms with E-state index in [2.05, 4.69) is 15.2 Å². The van der Waals surface area contributed by atoms with Gasteiger partial charge in [-0.1, -0.05) is 17.7 Å². The molecule has 3 rings (SSSR count). The maximum atomic E-state index is 12.1. The molecule has 0 aliphatic rings. The van der Waals surface area contributed by atoms with E-state index in [0.717, 1.165) is 0 Å². The van der Waals surface area contributed by atoms with Crippen LogP contribution in [0.5, 0.6) is 5.75 Å². The molecular weight excluding hydrogens is 332 g/mol. The van der Waals surface area contributed by atoms with Crippen molar-refractivity contribution in [2.24, 2.45) is 10.2 Å². The molecule has 8 heteroatoms. The Bertz CT molecular complexity index is 936. The summed E-state index contributed by atoms with van der Waals surface area (Å²) in [4.78, 5) is 16.3. The monoisotopic (exact) mass is 344 g/mol. The number of benzene rings is 1. The van der Waals surface area contributed by atoms with Gasteiger partial charge in [0.2, 0.25) is 0 Å². The van der Waals surface area contributed by atoms with Gasteiger partial charge in [0.1, 0.15) is 17.1 Å². The quantitative estimate of drug-likeness (QED) is 0.565. The lowest BCUT2D eigenvalue weighted by Gasteiger charge is -2.00. The Morgan fingerprint density at radius 1 is 1.33 bits per heavy atom. The highest BCUT2D eigenvalue weighted by molar-refractivity contribution is 6.30. The number of aromatic nitrogens is 2. The van der Waals surface area contributed by atoms with E-state index >= 15 is 0 Å². The molecule has 0 atom stereocenters. The van der Waals surface area contributed by atoms with Crippen LogP contribution in [-0.4, -0.2) is 27.1 Å². The summed E-state index contributed by atoms with van der Waals surface area (Å²) in [5.74, 6) is -0.455. The van der Waals surface area contributed by atoms with Crippen molar-refractivity contribution in [2.45, 2.75) is 6.92 Å². The molecular formula is C16H13ClN4O3. The molecule has 0 unspecified atom stereocenters. The number of ether oxygens (including phenoxy) is 1. The third-order valence-electron chi connectivity index (χ3n) is 3.16. The van der Waals surface area contributed by atoms with Crippen LogP contribution in [0.2, 0.25) is 5.02 Å². The normalized spacial score (nSPS) is 11.2. The SMILES string of the molecule is CCOC(=O)c1nc2ccccn2c1N=Nc1cc(Cl)ccc1O. The molecule has 0 fully saturated rings. The number of carbonyl (C=O) groups excluding carboxylic acids is 1. The highest BCUT2D eigenvalue weighted by atomic mass is 35.5. The van der Waals surface area contributed by atoms with Crippen LogP contribution in [0, 0.1) is 0 Å². The van der Waals surface area contributed by atoms with E-state index in [0.29, 0.717) is 10.7 Å². The van der Waals surface area contributed by atoms with Gasteiger partial charge >= 0.3 is 5.97 Å². The van der Waals surface area contributed by atoms with E-state index < -0.39 is 5.97 Å². The summed E-state index contributed by atoms with van der Waals surface area (Å²) >= 11 is 5.89. The number of carbonyl (C=O) groups is 1. The van der Waals surface area contributed by atoms with Crippen LogP contribution >= 0.6 is 11.6 Å². The maximum absolute atomic E-state index is 12.1. The van der Waals surface area contributed by atoms with E-state index in [4.69, 9.17) is 16.3 Å². The Hall–Kier alpha value is -2.93. The van der Waals surface area contributed by atoms with Crippen molar-refractivity contribution in [1.82, 2.24) is 9.38 Å². The fourth-order valence-corrected chi connectivity index (χ4v) is 2.26. The highest BCUT2D eigenvalue weighted by Gasteiger charge is 2.20.